The summed E-state index contributed by atoms with van der Waals surface area (Å²) in [4.78, 5) is 16.7. The molecule has 0 aromatic heterocycles. The third-order valence-corrected chi connectivity index (χ3v) is 3.78. The molecular weight excluding hydrogens is 298 g/mol. The van der Waals surface area contributed by atoms with Crippen molar-refractivity contribution in [2.75, 3.05) is 0 Å². The van der Waals surface area contributed by atoms with E-state index in [4.69, 9.17) is 0 Å². The van der Waals surface area contributed by atoms with Gasteiger partial charge in [-0.15, -0.1) is 0 Å². The highest BCUT2D eigenvalue weighted by Crippen LogP contribution is 2.34. The Morgan fingerprint density at radius 1 is 0.957 bits per heavy atom. The molecular formula is C18H10F2N2O. The fourth-order valence-electron chi connectivity index (χ4n) is 2.70. The maximum Gasteiger partial charge on any atom is 0.256 e. The fourth-order valence-corrected chi connectivity index (χ4v) is 2.70. The van der Waals surface area contributed by atoms with Gasteiger partial charge in [-0.1, -0.05) is 30.3 Å². The maximum atomic E-state index is 13.3. The van der Waals surface area contributed by atoms with Gasteiger partial charge in [0.15, 0.2) is 11.6 Å². The van der Waals surface area contributed by atoms with E-state index in [0.717, 1.165) is 34.2 Å². The van der Waals surface area contributed by atoms with Crippen LogP contribution in [0.5, 0.6) is 0 Å². The van der Waals surface area contributed by atoms with E-state index in [9.17, 15) is 13.6 Å². The van der Waals surface area contributed by atoms with Crippen LogP contribution in [-0.4, -0.2) is 11.7 Å². The number of halogens is 2. The summed E-state index contributed by atoms with van der Waals surface area (Å²) in [5.74, 6) is -2.17. The second kappa shape index (κ2) is 4.98. The van der Waals surface area contributed by atoms with E-state index in [1.807, 2.05) is 36.4 Å². The molecule has 23 heavy (non-hydrogen) atoms. The Bertz CT molecular complexity index is 990. The van der Waals surface area contributed by atoms with Crippen molar-refractivity contribution >= 4 is 28.2 Å². The van der Waals surface area contributed by atoms with Gasteiger partial charge in [-0.2, -0.15) is 0 Å². The summed E-state index contributed by atoms with van der Waals surface area (Å²) in [6.45, 7) is 0. The van der Waals surface area contributed by atoms with Gasteiger partial charge >= 0.3 is 0 Å². The number of aliphatic imine (C=N–C) groups is 1. The molecule has 1 heterocycles. The Labute approximate surface area is 130 Å². The van der Waals surface area contributed by atoms with Crippen LogP contribution >= 0.6 is 0 Å². The predicted molar refractivity (Wildman–Crippen MR) is 84.0 cm³/mol. The second-order valence-corrected chi connectivity index (χ2v) is 5.22. The Morgan fingerprint density at radius 2 is 1.74 bits per heavy atom. The molecule has 1 N–H and O–H groups in total. The number of hydrogen-bond donors (Lipinski definition) is 1. The lowest BCUT2D eigenvalue weighted by Gasteiger charge is -2.07. The summed E-state index contributed by atoms with van der Waals surface area (Å²) in [5, 5.41) is 4.67. The molecule has 3 aromatic rings. The molecule has 0 bridgehead atoms. The number of amidine groups is 1. The van der Waals surface area contributed by atoms with Crippen LogP contribution in [0.2, 0.25) is 0 Å². The van der Waals surface area contributed by atoms with Gasteiger partial charge in [0.1, 0.15) is 5.84 Å². The average molecular weight is 308 g/mol. The van der Waals surface area contributed by atoms with E-state index in [2.05, 4.69) is 10.3 Å². The Morgan fingerprint density at radius 3 is 2.52 bits per heavy atom. The van der Waals surface area contributed by atoms with Crippen molar-refractivity contribution in [3.8, 4) is 0 Å². The molecule has 0 fully saturated rings. The van der Waals surface area contributed by atoms with E-state index < -0.39 is 17.5 Å². The third-order valence-electron chi connectivity index (χ3n) is 3.78. The number of benzene rings is 3. The number of nitrogens with one attached hydrogen (secondary N) is 1. The minimum absolute atomic E-state index is 0.0368. The molecule has 1 aliphatic rings. The van der Waals surface area contributed by atoms with Gasteiger partial charge in [-0.25, -0.2) is 13.8 Å². The van der Waals surface area contributed by atoms with Crippen LogP contribution in [0.3, 0.4) is 0 Å². The molecule has 0 saturated carbocycles. The largest absolute Gasteiger partial charge is 0.306 e. The molecule has 0 spiro atoms. The monoisotopic (exact) mass is 308 g/mol. The van der Waals surface area contributed by atoms with E-state index in [0.29, 0.717) is 5.84 Å². The Hall–Kier alpha value is -3.08. The van der Waals surface area contributed by atoms with Crippen molar-refractivity contribution in [3.05, 3.63) is 77.4 Å². The van der Waals surface area contributed by atoms with Crippen LogP contribution < -0.4 is 5.32 Å². The molecule has 0 atom stereocenters. The third kappa shape index (κ3) is 2.17. The van der Waals surface area contributed by atoms with Crippen LogP contribution in [0.1, 0.15) is 15.9 Å². The molecule has 1 aliphatic heterocycles. The van der Waals surface area contributed by atoms with E-state index in [1.165, 1.54) is 6.07 Å². The highest BCUT2D eigenvalue weighted by molar-refractivity contribution is 6.23. The number of carbonyl (C=O) groups excluding carboxylic acids is 1. The van der Waals surface area contributed by atoms with Gasteiger partial charge in [0, 0.05) is 16.5 Å². The number of hydrogen-bond acceptors (Lipinski definition) is 2. The van der Waals surface area contributed by atoms with Crippen molar-refractivity contribution in [2.45, 2.75) is 0 Å². The zero-order valence-electron chi connectivity index (χ0n) is 11.8. The topological polar surface area (TPSA) is 41.5 Å². The first-order chi connectivity index (χ1) is 11.1. The number of nitrogens with zero attached hydrogens (tertiary/aromatic N) is 1. The molecule has 1 amide bonds. The van der Waals surface area contributed by atoms with Crippen molar-refractivity contribution < 1.29 is 13.6 Å². The van der Waals surface area contributed by atoms with Crippen molar-refractivity contribution in [3.63, 3.8) is 0 Å². The lowest BCUT2D eigenvalue weighted by atomic mass is 10.0. The van der Waals surface area contributed by atoms with Crippen molar-refractivity contribution in [2.24, 2.45) is 4.99 Å². The van der Waals surface area contributed by atoms with Crippen molar-refractivity contribution in [1.82, 2.24) is 5.32 Å². The molecule has 0 aliphatic carbocycles. The first-order valence-corrected chi connectivity index (χ1v) is 7.01. The van der Waals surface area contributed by atoms with E-state index in [-0.39, 0.29) is 5.56 Å². The van der Waals surface area contributed by atoms with Gasteiger partial charge in [-0.3, -0.25) is 4.79 Å². The standard InChI is InChI=1S/C18H10F2N2O/c19-13-8-7-11(9-14(13)20)18(23)22-17-12-5-1-3-10-4-2-6-15(21-17)16(10)12/h1-9H,(H,21,22,23). The van der Waals surface area contributed by atoms with Crippen LogP contribution in [0, 0.1) is 11.6 Å². The minimum atomic E-state index is -1.06. The molecule has 0 radical (unpaired) electrons. The van der Waals surface area contributed by atoms with Gasteiger partial charge in [0.2, 0.25) is 0 Å². The molecule has 3 nitrogen and oxygen atoms in total. The summed E-state index contributed by atoms with van der Waals surface area (Å²) in [6.07, 6.45) is 0. The zero-order valence-corrected chi connectivity index (χ0v) is 11.8. The summed E-state index contributed by atoms with van der Waals surface area (Å²) >= 11 is 0. The summed E-state index contributed by atoms with van der Waals surface area (Å²) in [6, 6.07) is 14.5. The quantitative estimate of drug-likeness (QED) is 0.727. The highest BCUT2D eigenvalue weighted by atomic mass is 19.2. The number of carbonyl (C=O) groups is 1. The van der Waals surface area contributed by atoms with Gasteiger partial charge < -0.3 is 5.32 Å². The average Bonchev–Trinajstić information content (AvgIpc) is 2.90. The smallest absolute Gasteiger partial charge is 0.256 e. The van der Waals surface area contributed by atoms with Crippen LogP contribution in [-0.2, 0) is 0 Å². The van der Waals surface area contributed by atoms with E-state index in [1.54, 1.807) is 0 Å². The molecule has 0 unspecified atom stereocenters. The van der Waals surface area contributed by atoms with Gasteiger partial charge in [0.25, 0.3) is 5.91 Å². The highest BCUT2D eigenvalue weighted by Gasteiger charge is 2.20. The first-order valence-electron chi connectivity index (χ1n) is 7.01. The molecule has 112 valence electrons. The van der Waals surface area contributed by atoms with Crippen LogP contribution in [0.15, 0.2) is 59.6 Å². The Kier molecular flexibility index (Phi) is 2.94. The SMILES string of the molecule is O=C(NC1=Nc2cccc3cccc1c23)c1ccc(F)c(F)c1. The zero-order chi connectivity index (χ0) is 16.0. The molecule has 5 heteroatoms. The first kappa shape index (κ1) is 13.6. The van der Waals surface area contributed by atoms with E-state index >= 15 is 0 Å². The second-order valence-electron chi connectivity index (χ2n) is 5.22. The lowest BCUT2D eigenvalue weighted by Crippen LogP contribution is -2.30. The Balaban J connectivity index is 1.70. The van der Waals surface area contributed by atoms with Crippen LogP contribution in [0.25, 0.3) is 10.8 Å². The molecule has 4 rings (SSSR count). The van der Waals surface area contributed by atoms with Gasteiger partial charge in [-0.05, 0) is 29.7 Å². The summed E-state index contributed by atoms with van der Waals surface area (Å²) in [5.41, 5.74) is 1.63. The summed E-state index contributed by atoms with van der Waals surface area (Å²) < 4.78 is 26.2. The predicted octanol–water partition coefficient (Wildman–Crippen LogP) is 3.94. The van der Waals surface area contributed by atoms with Crippen molar-refractivity contribution in [1.29, 1.82) is 0 Å². The minimum Gasteiger partial charge on any atom is -0.306 e. The lowest BCUT2D eigenvalue weighted by molar-refractivity contribution is 0.0976. The number of rotatable bonds is 1. The maximum absolute atomic E-state index is 13.3. The van der Waals surface area contributed by atoms with Gasteiger partial charge in [0.05, 0.1) is 5.69 Å². The fraction of sp³-hybridized carbons (Fsp3) is 0. The molecule has 0 saturated heterocycles. The molecule has 3 aromatic carbocycles. The number of amides is 1. The normalized spacial score (nSPS) is 12.3. The summed E-state index contributed by atoms with van der Waals surface area (Å²) in [7, 11) is 0. The van der Waals surface area contributed by atoms with Crippen LogP contribution in [0.4, 0.5) is 14.5 Å².